The maximum atomic E-state index is 13.2. The second-order valence-electron chi connectivity index (χ2n) is 5.51. The van der Waals surface area contributed by atoms with Crippen LogP contribution < -0.4 is 5.32 Å². The van der Waals surface area contributed by atoms with E-state index < -0.39 is 17.5 Å². The van der Waals surface area contributed by atoms with Gasteiger partial charge in [0.15, 0.2) is 17.5 Å². The molecule has 0 aliphatic carbocycles. The highest BCUT2D eigenvalue weighted by Gasteiger charge is 2.29. The minimum atomic E-state index is -1.42. The van der Waals surface area contributed by atoms with E-state index in [0.29, 0.717) is 17.6 Å². The fraction of sp³-hybridized carbons (Fsp3) is 0.571. The number of nitrogens with zero attached hydrogens (tertiary/aromatic N) is 1. The van der Waals surface area contributed by atoms with Crippen LogP contribution in [0.15, 0.2) is 12.1 Å². The Morgan fingerprint density at radius 3 is 2.32 bits per heavy atom. The predicted octanol–water partition coefficient (Wildman–Crippen LogP) is 3.24. The van der Waals surface area contributed by atoms with Crippen LogP contribution in [-0.4, -0.2) is 30.6 Å². The van der Waals surface area contributed by atoms with Gasteiger partial charge < -0.3 is 10.2 Å². The first-order valence-electron chi connectivity index (χ1n) is 6.49. The number of halogens is 3. The lowest BCUT2D eigenvalue weighted by Crippen LogP contribution is -2.48. The molecule has 1 aromatic carbocycles. The van der Waals surface area contributed by atoms with E-state index in [9.17, 15) is 13.2 Å². The second kappa shape index (κ2) is 5.41. The molecular weight excluding hydrogens is 253 g/mol. The number of likely N-dealkylation sites (tertiary alicyclic amines) is 1. The largest absolute Gasteiger partial charge is 0.382 e. The van der Waals surface area contributed by atoms with Gasteiger partial charge in [-0.15, -0.1) is 0 Å². The summed E-state index contributed by atoms with van der Waals surface area (Å²) >= 11 is 0. The SMILES string of the molecule is CC1CN(C)C(C)CC1Nc1cc(F)c(F)c(F)c1. The number of anilines is 1. The lowest BCUT2D eigenvalue weighted by molar-refractivity contribution is 0.145. The Kier molecular flexibility index (Phi) is 4.04. The summed E-state index contributed by atoms with van der Waals surface area (Å²) in [7, 11) is 2.06. The molecule has 1 aromatic rings. The number of nitrogens with one attached hydrogen (secondary N) is 1. The number of hydrogen-bond acceptors (Lipinski definition) is 2. The molecule has 2 rings (SSSR count). The van der Waals surface area contributed by atoms with Gasteiger partial charge in [0, 0.05) is 36.4 Å². The average molecular weight is 272 g/mol. The molecule has 1 saturated heterocycles. The van der Waals surface area contributed by atoms with E-state index in [1.807, 2.05) is 0 Å². The molecule has 3 unspecified atom stereocenters. The van der Waals surface area contributed by atoms with E-state index in [0.717, 1.165) is 25.1 Å². The predicted molar refractivity (Wildman–Crippen MR) is 69.6 cm³/mol. The van der Waals surface area contributed by atoms with E-state index in [1.165, 1.54) is 0 Å². The highest BCUT2D eigenvalue weighted by molar-refractivity contribution is 5.45. The monoisotopic (exact) mass is 272 g/mol. The normalized spacial score (nSPS) is 28.4. The van der Waals surface area contributed by atoms with Gasteiger partial charge in [-0.3, -0.25) is 0 Å². The first kappa shape index (κ1) is 14.2. The van der Waals surface area contributed by atoms with Crippen LogP contribution in [0.1, 0.15) is 20.3 Å². The van der Waals surface area contributed by atoms with Gasteiger partial charge >= 0.3 is 0 Å². The zero-order chi connectivity index (χ0) is 14.2. The molecule has 0 aromatic heterocycles. The third-order valence-electron chi connectivity index (χ3n) is 3.95. The molecule has 0 radical (unpaired) electrons. The Hall–Kier alpha value is -1.23. The molecule has 3 atom stereocenters. The van der Waals surface area contributed by atoms with Crippen molar-refractivity contribution in [3.8, 4) is 0 Å². The van der Waals surface area contributed by atoms with Gasteiger partial charge in [-0.2, -0.15) is 0 Å². The summed E-state index contributed by atoms with van der Waals surface area (Å²) in [6.45, 7) is 5.13. The molecule has 19 heavy (non-hydrogen) atoms. The third-order valence-corrected chi connectivity index (χ3v) is 3.95. The van der Waals surface area contributed by atoms with Crippen molar-refractivity contribution in [3.05, 3.63) is 29.6 Å². The Morgan fingerprint density at radius 1 is 1.16 bits per heavy atom. The molecule has 0 spiro atoms. The molecule has 0 bridgehead atoms. The Morgan fingerprint density at radius 2 is 1.74 bits per heavy atom. The topological polar surface area (TPSA) is 15.3 Å². The molecule has 1 aliphatic rings. The standard InChI is InChI=1S/C14H19F3N2/c1-8-7-19(3)9(2)4-13(8)18-10-5-11(15)14(17)12(16)6-10/h5-6,8-9,13,18H,4,7H2,1-3H3. The summed E-state index contributed by atoms with van der Waals surface area (Å²) in [6, 6.07) is 2.56. The molecule has 5 heteroatoms. The van der Waals surface area contributed by atoms with Crippen molar-refractivity contribution >= 4 is 5.69 Å². The minimum absolute atomic E-state index is 0.135. The van der Waals surface area contributed by atoms with Crippen molar-refractivity contribution in [1.82, 2.24) is 4.90 Å². The molecule has 1 N–H and O–H groups in total. The number of rotatable bonds is 2. The first-order valence-corrected chi connectivity index (χ1v) is 6.49. The maximum Gasteiger partial charge on any atom is 0.194 e. The van der Waals surface area contributed by atoms with Crippen LogP contribution in [0, 0.1) is 23.4 Å². The molecule has 1 aliphatic heterocycles. The number of piperidine rings is 1. The highest BCUT2D eigenvalue weighted by Crippen LogP contribution is 2.25. The fourth-order valence-corrected chi connectivity index (χ4v) is 2.60. The van der Waals surface area contributed by atoms with Crippen molar-refractivity contribution in [3.63, 3.8) is 0 Å². The van der Waals surface area contributed by atoms with Crippen LogP contribution in [0.3, 0.4) is 0 Å². The Bertz CT molecular complexity index is 441. The summed E-state index contributed by atoms with van der Waals surface area (Å²) in [5.74, 6) is -3.38. The van der Waals surface area contributed by atoms with Crippen LogP contribution in [0.25, 0.3) is 0 Å². The first-order chi connectivity index (χ1) is 8.88. The van der Waals surface area contributed by atoms with Crippen molar-refractivity contribution in [2.24, 2.45) is 5.92 Å². The van der Waals surface area contributed by atoms with Crippen LogP contribution in [0.5, 0.6) is 0 Å². The van der Waals surface area contributed by atoms with Crippen molar-refractivity contribution < 1.29 is 13.2 Å². The van der Waals surface area contributed by atoms with Crippen LogP contribution >= 0.6 is 0 Å². The quantitative estimate of drug-likeness (QED) is 0.831. The molecule has 106 valence electrons. The van der Waals surface area contributed by atoms with Gasteiger partial charge in [-0.05, 0) is 26.3 Å². The van der Waals surface area contributed by atoms with Crippen LogP contribution in [0.2, 0.25) is 0 Å². The minimum Gasteiger partial charge on any atom is -0.382 e. The van der Waals surface area contributed by atoms with E-state index in [2.05, 4.69) is 31.1 Å². The van der Waals surface area contributed by atoms with E-state index in [1.54, 1.807) is 0 Å². The molecular formula is C14H19F3N2. The highest BCUT2D eigenvalue weighted by atomic mass is 19.2. The van der Waals surface area contributed by atoms with Crippen LogP contribution in [-0.2, 0) is 0 Å². The van der Waals surface area contributed by atoms with Gasteiger partial charge in [0.2, 0.25) is 0 Å². The van der Waals surface area contributed by atoms with Gasteiger partial charge in [0.1, 0.15) is 0 Å². The number of hydrogen-bond donors (Lipinski definition) is 1. The zero-order valence-electron chi connectivity index (χ0n) is 11.4. The van der Waals surface area contributed by atoms with E-state index >= 15 is 0 Å². The third kappa shape index (κ3) is 3.03. The average Bonchev–Trinajstić information content (AvgIpc) is 2.33. The Labute approximate surface area is 111 Å². The second-order valence-corrected chi connectivity index (χ2v) is 5.51. The summed E-state index contributed by atoms with van der Waals surface area (Å²) in [5, 5.41) is 3.12. The molecule has 0 amide bonds. The van der Waals surface area contributed by atoms with Crippen molar-refractivity contribution in [2.45, 2.75) is 32.4 Å². The molecule has 2 nitrogen and oxygen atoms in total. The molecule has 0 saturated carbocycles. The van der Waals surface area contributed by atoms with E-state index in [-0.39, 0.29) is 6.04 Å². The lowest BCUT2D eigenvalue weighted by Gasteiger charge is -2.40. The summed E-state index contributed by atoms with van der Waals surface area (Å²) in [4.78, 5) is 2.26. The maximum absolute atomic E-state index is 13.2. The van der Waals surface area contributed by atoms with Gasteiger partial charge in [0.25, 0.3) is 0 Å². The van der Waals surface area contributed by atoms with Crippen molar-refractivity contribution in [1.29, 1.82) is 0 Å². The lowest BCUT2D eigenvalue weighted by atomic mass is 9.89. The summed E-state index contributed by atoms with van der Waals surface area (Å²) in [5.41, 5.74) is 0.296. The fourth-order valence-electron chi connectivity index (χ4n) is 2.60. The summed E-state index contributed by atoms with van der Waals surface area (Å²) in [6.07, 6.45) is 0.887. The van der Waals surface area contributed by atoms with Gasteiger partial charge in [0.05, 0.1) is 0 Å². The molecule has 1 fully saturated rings. The molecule has 1 heterocycles. The van der Waals surface area contributed by atoms with Crippen molar-refractivity contribution in [2.75, 3.05) is 18.9 Å². The smallest absolute Gasteiger partial charge is 0.194 e. The van der Waals surface area contributed by atoms with Gasteiger partial charge in [-0.1, -0.05) is 6.92 Å². The van der Waals surface area contributed by atoms with Crippen LogP contribution in [0.4, 0.5) is 18.9 Å². The van der Waals surface area contributed by atoms with E-state index in [4.69, 9.17) is 0 Å². The number of benzene rings is 1. The zero-order valence-corrected chi connectivity index (χ0v) is 11.4. The van der Waals surface area contributed by atoms with Gasteiger partial charge in [-0.25, -0.2) is 13.2 Å². The summed E-state index contributed by atoms with van der Waals surface area (Å²) < 4.78 is 39.2. The Balaban J connectivity index is 2.13.